The Bertz CT molecular complexity index is 204. The second kappa shape index (κ2) is 8.51. The molecule has 0 fully saturated rings. The fraction of sp³-hybridized carbons (Fsp3) is 0.929. The summed E-state index contributed by atoms with van der Waals surface area (Å²) in [4.78, 5) is 14.4. The van der Waals surface area contributed by atoms with Gasteiger partial charge in [0.05, 0.1) is 6.04 Å². The summed E-state index contributed by atoms with van der Waals surface area (Å²) in [5.74, 6) is 1.31. The van der Waals surface area contributed by atoms with E-state index in [4.69, 9.17) is 0 Å². The molecule has 17 heavy (non-hydrogen) atoms. The maximum atomic E-state index is 12.4. The van der Waals surface area contributed by atoms with Crippen molar-refractivity contribution in [1.82, 2.24) is 10.2 Å². The second-order valence-corrected chi connectivity index (χ2v) is 5.66. The molecule has 0 saturated carbocycles. The first-order valence-electron chi connectivity index (χ1n) is 6.88. The zero-order chi connectivity index (χ0) is 13.4. The molecule has 102 valence electrons. The average Bonchev–Trinajstić information content (AvgIpc) is 2.22. The molecule has 1 N–H and O–H groups in total. The summed E-state index contributed by atoms with van der Waals surface area (Å²) < 4.78 is 0. The lowest BCUT2D eigenvalue weighted by Crippen LogP contribution is -2.47. The molecule has 0 aromatic rings. The zero-order valence-corrected chi connectivity index (χ0v) is 12.4. The largest absolute Gasteiger partial charge is 0.341 e. The maximum absolute atomic E-state index is 12.4. The van der Waals surface area contributed by atoms with Crippen LogP contribution in [0.15, 0.2) is 0 Å². The van der Waals surface area contributed by atoms with Crippen LogP contribution < -0.4 is 5.32 Å². The van der Waals surface area contributed by atoms with Crippen molar-refractivity contribution in [2.45, 2.75) is 53.5 Å². The molecule has 0 heterocycles. The Morgan fingerprint density at radius 1 is 1.12 bits per heavy atom. The number of likely N-dealkylation sites (N-methyl/N-ethyl adjacent to an activating group) is 1. The first-order valence-corrected chi connectivity index (χ1v) is 6.88. The summed E-state index contributed by atoms with van der Waals surface area (Å²) >= 11 is 0. The SMILES string of the molecule is CCC[C@H](NC)C(=O)N(CC(C)C)CC(C)C. The van der Waals surface area contributed by atoms with Gasteiger partial charge in [-0.1, -0.05) is 41.0 Å². The average molecular weight is 242 g/mol. The first-order chi connectivity index (χ1) is 7.92. The summed E-state index contributed by atoms with van der Waals surface area (Å²) in [6, 6.07) is -0.0162. The van der Waals surface area contributed by atoms with Gasteiger partial charge in [-0.3, -0.25) is 4.79 Å². The van der Waals surface area contributed by atoms with Crippen LogP contribution in [0.1, 0.15) is 47.5 Å². The van der Waals surface area contributed by atoms with Crippen LogP contribution in [0, 0.1) is 11.8 Å². The van der Waals surface area contributed by atoms with Crippen molar-refractivity contribution >= 4 is 5.91 Å². The van der Waals surface area contributed by atoms with Crippen molar-refractivity contribution in [3.63, 3.8) is 0 Å². The highest BCUT2D eigenvalue weighted by Crippen LogP contribution is 2.08. The van der Waals surface area contributed by atoms with Gasteiger partial charge < -0.3 is 10.2 Å². The van der Waals surface area contributed by atoms with Crippen molar-refractivity contribution in [1.29, 1.82) is 0 Å². The number of carbonyl (C=O) groups excluding carboxylic acids is 1. The number of nitrogens with zero attached hydrogens (tertiary/aromatic N) is 1. The fourth-order valence-electron chi connectivity index (χ4n) is 2.04. The topological polar surface area (TPSA) is 32.3 Å². The standard InChI is InChI=1S/C14H30N2O/c1-7-8-13(15-6)14(17)16(9-11(2)3)10-12(4)5/h11-13,15H,7-10H2,1-6H3/t13-/m0/s1. The number of carbonyl (C=O) groups is 1. The molecule has 0 aromatic carbocycles. The maximum Gasteiger partial charge on any atom is 0.239 e. The summed E-state index contributed by atoms with van der Waals surface area (Å²) in [5.41, 5.74) is 0. The summed E-state index contributed by atoms with van der Waals surface area (Å²) in [6.45, 7) is 12.5. The molecule has 1 amide bonds. The first kappa shape index (κ1) is 16.4. The van der Waals surface area contributed by atoms with Crippen LogP contribution >= 0.6 is 0 Å². The molecular formula is C14H30N2O. The minimum absolute atomic E-state index is 0.0162. The molecule has 0 radical (unpaired) electrons. The third kappa shape index (κ3) is 6.67. The normalized spacial score (nSPS) is 13.2. The van der Waals surface area contributed by atoms with Crippen LogP contribution in [0.3, 0.4) is 0 Å². The van der Waals surface area contributed by atoms with Gasteiger partial charge in [-0.05, 0) is 25.3 Å². The fourth-order valence-corrected chi connectivity index (χ4v) is 2.04. The van der Waals surface area contributed by atoms with Crippen molar-refractivity contribution in [2.75, 3.05) is 20.1 Å². The van der Waals surface area contributed by atoms with E-state index < -0.39 is 0 Å². The van der Waals surface area contributed by atoms with Crippen LogP contribution in [-0.4, -0.2) is 37.0 Å². The van der Waals surface area contributed by atoms with E-state index >= 15 is 0 Å². The van der Waals surface area contributed by atoms with Gasteiger partial charge in [-0.2, -0.15) is 0 Å². The van der Waals surface area contributed by atoms with Gasteiger partial charge in [0.15, 0.2) is 0 Å². The summed E-state index contributed by atoms with van der Waals surface area (Å²) in [5, 5.41) is 3.14. The van der Waals surface area contributed by atoms with Crippen molar-refractivity contribution in [3.8, 4) is 0 Å². The van der Waals surface area contributed by atoms with E-state index in [1.54, 1.807) is 0 Å². The Morgan fingerprint density at radius 2 is 1.59 bits per heavy atom. The van der Waals surface area contributed by atoms with E-state index in [-0.39, 0.29) is 11.9 Å². The Labute approximate surface area is 107 Å². The molecule has 0 aliphatic heterocycles. The van der Waals surface area contributed by atoms with Gasteiger partial charge >= 0.3 is 0 Å². The number of hydrogen-bond acceptors (Lipinski definition) is 2. The highest BCUT2D eigenvalue weighted by molar-refractivity contribution is 5.81. The lowest BCUT2D eigenvalue weighted by atomic mass is 10.1. The smallest absolute Gasteiger partial charge is 0.239 e. The van der Waals surface area contributed by atoms with E-state index in [1.165, 1.54) is 0 Å². The third-order valence-electron chi connectivity index (χ3n) is 2.71. The van der Waals surface area contributed by atoms with E-state index in [9.17, 15) is 4.79 Å². The Kier molecular flexibility index (Phi) is 8.23. The lowest BCUT2D eigenvalue weighted by molar-refractivity contribution is -0.134. The van der Waals surface area contributed by atoms with Gasteiger partial charge in [-0.15, -0.1) is 0 Å². The van der Waals surface area contributed by atoms with Crippen LogP contribution in [0.2, 0.25) is 0 Å². The number of hydrogen-bond donors (Lipinski definition) is 1. The molecule has 0 spiro atoms. The predicted octanol–water partition coefficient (Wildman–Crippen LogP) is 2.52. The molecule has 3 heteroatoms. The second-order valence-electron chi connectivity index (χ2n) is 5.66. The Balaban J connectivity index is 4.58. The third-order valence-corrected chi connectivity index (χ3v) is 2.71. The van der Waals surface area contributed by atoms with E-state index in [2.05, 4.69) is 39.9 Å². The monoisotopic (exact) mass is 242 g/mol. The molecule has 3 nitrogen and oxygen atoms in total. The number of rotatable bonds is 8. The lowest BCUT2D eigenvalue weighted by Gasteiger charge is -2.30. The molecule has 0 unspecified atom stereocenters. The Morgan fingerprint density at radius 3 is 1.88 bits per heavy atom. The highest BCUT2D eigenvalue weighted by Gasteiger charge is 2.23. The molecule has 0 aliphatic carbocycles. The minimum Gasteiger partial charge on any atom is -0.341 e. The summed E-state index contributed by atoms with van der Waals surface area (Å²) in [7, 11) is 1.88. The molecule has 0 saturated heterocycles. The van der Waals surface area contributed by atoms with Gasteiger partial charge in [0.25, 0.3) is 0 Å². The van der Waals surface area contributed by atoms with Crippen LogP contribution in [-0.2, 0) is 4.79 Å². The van der Waals surface area contributed by atoms with Crippen molar-refractivity contribution < 1.29 is 4.79 Å². The van der Waals surface area contributed by atoms with Gasteiger partial charge in [0.2, 0.25) is 5.91 Å². The molecular weight excluding hydrogens is 212 g/mol. The van der Waals surface area contributed by atoms with Gasteiger partial charge in [0, 0.05) is 13.1 Å². The van der Waals surface area contributed by atoms with Gasteiger partial charge in [-0.25, -0.2) is 0 Å². The van der Waals surface area contributed by atoms with E-state index in [0.717, 1.165) is 25.9 Å². The van der Waals surface area contributed by atoms with Crippen molar-refractivity contribution in [2.24, 2.45) is 11.8 Å². The Hall–Kier alpha value is -0.570. The predicted molar refractivity (Wildman–Crippen MR) is 74.0 cm³/mol. The van der Waals surface area contributed by atoms with Gasteiger partial charge in [0.1, 0.15) is 0 Å². The molecule has 1 atom stereocenters. The zero-order valence-electron chi connectivity index (χ0n) is 12.4. The van der Waals surface area contributed by atoms with Crippen LogP contribution in [0.4, 0.5) is 0 Å². The van der Waals surface area contributed by atoms with E-state index in [0.29, 0.717) is 11.8 Å². The number of amides is 1. The number of nitrogens with one attached hydrogen (secondary N) is 1. The molecule has 0 aromatic heterocycles. The van der Waals surface area contributed by atoms with E-state index in [1.807, 2.05) is 11.9 Å². The quantitative estimate of drug-likeness (QED) is 0.709. The molecule has 0 bridgehead atoms. The molecule has 0 rings (SSSR count). The summed E-state index contributed by atoms with van der Waals surface area (Å²) in [6.07, 6.45) is 1.95. The van der Waals surface area contributed by atoms with Crippen LogP contribution in [0.5, 0.6) is 0 Å². The van der Waals surface area contributed by atoms with Crippen molar-refractivity contribution in [3.05, 3.63) is 0 Å². The minimum atomic E-state index is -0.0162. The van der Waals surface area contributed by atoms with Crippen LogP contribution in [0.25, 0.3) is 0 Å². The highest BCUT2D eigenvalue weighted by atomic mass is 16.2. The molecule has 0 aliphatic rings.